The number of carbonyl (C=O) groups excluding carboxylic acids is 1. The molecular formula is C15H15ClN2O3. The van der Waals surface area contributed by atoms with Gasteiger partial charge in [0.15, 0.2) is 11.5 Å². The van der Waals surface area contributed by atoms with E-state index in [1.165, 1.54) is 6.08 Å². The number of hydrogen-bond donors (Lipinski definition) is 1. The Kier molecular flexibility index (Phi) is 6.31. The Bertz CT molecular complexity index is 618. The number of primary amides is 1. The monoisotopic (exact) mass is 306 g/mol. The van der Waals surface area contributed by atoms with Crippen LogP contribution in [0.15, 0.2) is 30.4 Å². The first-order chi connectivity index (χ1) is 10.0. The van der Waals surface area contributed by atoms with Crippen molar-refractivity contribution in [2.24, 2.45) is 5.73 Å². The van der Waals surface area contributed by atoms with Gasteiger partial charge >= 0.3 is 0 Å². The fourth-order valence-corrected chi connectivity index (χ4v) is 1.82. The van der Waals surface area contributed by atoms with E-state index >= 15 is 0 Å². The van der Waals surface area contributed by atoms with Gasteiger partial charge in [0.05, 0.1) is 11.6 Å². The van der Waals surface area contributed by atoms with Gasteiger partial charge in [-0.15, -0.1) is 0 Å². The molecule has 1 amide bonds. The van der Waals surface area contributed by atoms with E-state index in [1.54, 1.807) is 24.3 Å². The Morgan fingerprint density at radius 3 is 2.76 bits per heavy atom. The second-order valence-electron chi connectivity index (χ2n) is 3.90. The second-order valence-corrected chi connectivity index (χ2v) is 4.30. The van der Waals surface area contributed by atoms with Crippen molar-refractivity contribution < 1.29 is 14.3 Å². The molecule has 0 bridgehead atoms. The van der Waals surface area contributed by atoms with Gasteiger partial charge in [-0.2, -0.15) is 5.26 Å². The molecule has 0 aliphatic carbocycles. The van der Waals surface area contributed by atoms with Gasteiger partial charge in [0, 0.05) is 0 Å². The lowest BCUT2D eigenvalue weighted by Crippen LogP contribution is -2.12. The first-order valence-corrected chi connectivity index (χ1v) is 6.52. The van der Waals surface area contributed by atoms with E-state index < -0.39 is 5.91 Å². The molecule has 1 aromatic rings. The lowest BCUT2D eigenvalue weighted by Gasteiger charge is -2.13. The fraction of sp³-hybridized carbons (Fsp3) is 0.200. The maximum atomic E-state index is 11.1. The molecule has 0 unspecified atom stereocenters. The summed E-state index contributed by atoms with van der Waals surface area (Å²) in [4.78, 5) is 11.1. The normalized spacial score (nSPS) is 10.6. The van der Waals surface area contributed by atoms with Crippen molar-refractivity contribution in [1.82, 2.24) is 0 Å². The van der Waals surface area contributed by atoms with Crippen LogP contribution in [0.4, 0.5) is 0 Å². The average Bonchev–Trinajstić information content (AvgIpc) is 2.44. The molecule has 110 valence electrons. The maximum absolute atomic E-state index is 11.1. The molecule has 0 fully saturated rings. The van der Waals surface area contributed by atoms with Crippen LogP contribution in [-0.4, -0.2) is 19.1 Å². The Morgan fingerprint density at radius 1 is 1.52 bits per heavy atom. The number of nitrogens with two attached hydrogens (primary N) is 1. The van der Waals surface area contributed by atoms with Crippen LogP contribution < -0.4 is 15.2 Å². The molecule has 0 atom stereocenters. The minimum Gasteiger partial charge on any atom is -0.490 e. The molecule has 1 aromatic carbocycles. The molecule has 0 aliphatic rings. The Hall–Kier alpha value is -2.45. The van der Waals surface area contributed by atoms with E-state index in [0.717, 1.165) is 0 Å². The summed E-state index contributed by atoms with van der Waals surface area (Å²) in [5.74, 6) is -0.00780. The van der Waals surface area contributed by atoms with Crippen LogP contribution in [0, 0.1) is 11.3 Å². The molecule has 2 N–H and O–H groups in total. The topological polar surface area (TPSA) is 85.3 Å². The minimum absolute atomic E-state index is 0.173. The summed E-state index contributed by atoms with van der Waals surface area (Å²) in [5, 5.41) is 9.15. The number of halogens is 1. The van der Waals surface area contributed by atoms with E-state index in [-0.39, 0.29) is 12.2 Å². The van der Waals surface area contributed by atoms with Crippen molar-refractivity contribution in [2.75, 3.05) is 13.2 Å². The highest BCUT2D eigenvalue weighted by atomic mass is 35.5. The van der Waals surface area contributed by atoms with Crippen LogP contribution in [0.1, 0.15) is 12.5 Å². The van der Waals surface area contributed by atoms with Crippen LogP contribution in [-0.2, 0) is 4.79 Å². The van der Waals surface area contributed by atoms with Crippen LogP contribution in [0.25, 0.3) is 6.08 Å². The fourth-order valence-electron chi connectivity index (χ4n) is 1.54. The second kappa shape index (κ2) is 7.98. The lowest BCUT2D eigenvalue weighted by molar-refractivity contribution is -0.114. The van der Waals surface area contributed by atoms with Gasteiger partial charge in [-0.05, 0) is 30.7 Å². The largest absolute Gasteiger partial charge is 0.490 e. The molecular weight excluding hydrogens is 292 g/mol. The van der Waals surface area contributed by atoms with Crippen LogP contribution in [0.3, 0.4) is 0 Å². The van der Waals surface area contributed by atoms with Gasteiger partial charge in [-0.25, -0.2) is 0 Å². The van der Waals surface area contributed by atoms with Crippen molar-refractivity contribution in [3.8, 4) is 17.6 Å². The quantitative estimate of drug-likeness (QED) is 0.477. The van der Waals surface area contributed by atoms with Crippen LogP contribution >= 0.6 is 11.6 Å². The molecule has 0 heterocycles. The van der Waals surface area contributed by atoms with Crippen molar-refractivity contribution in [3.63, 3.8) is 0 Å². The summed E-state index contributed by atoms with van der Waals surface area (Å²) in [5.41, 5.74) is 5.44. The van der Waals surface area contributed by atoms with Crippen molar-refractivity contribution >= 4 is 23.6 Å². The third-order valence-electron chi connectivity index (χ3n) is 2.37. The zero-order valence-corrected chi connectivity index (χ0v) is 12.3. The smallest absolute Gasteiger partial charge is 0.259 e. The van der Waals surface area contributed by atoms with E-state index in [2.05, 4.69) is 6.58 Å². The van der Waals surface area contributed by atoms with Crippen molar-refractivity contribution in [3.05, 3.63) is 40.9 Å². The number of hydrogen-bond acceptors (Lipinski definition) is 4. The molecule has 0 aliphatic heterocycles. The third kappa shape index (κ3) is 4.55. The SMILES string of the molecule is C=CCOc1c(Cl)cc(/C=C(\C#N)C(N)=O)cc1OCC. The van der Waals surface area contributed by atoms with Crippen LogP contribution in [0.2, 0.25) is 5.02 Å². The van der Waals surface area contributed by atoms with Gasteiger partial charge in [0.2, 0.25) is 0 Å². The zero-order chi connectivity index (χ0) is 15.8. The molecule has 0 saturated carbocycles. The van der Waals surface area contributed by atoms with Gasteiger partial charge in [0.25, 0.3) is 5.91 Å². The minimum atomic E-state index is -0.807. The number of nitriles is 1. The molecule has 1 rings (SSSR count). The van der Waals surface area contributed by atoms with E-state index in [0.29, 0.717) is 28.7 Å². The van der Waals surface area contributed by atoms with E-state index in [9.17, 15) is 4.79 Å². The van der Waals surface area contributed by atoms with Crippen molar-refractivity contribution in [1.29, 1.82) is 5.26 Å². The van der Waals surface area contributed by atoms with Crippen LogP contribution in [0.5, 0.6) is 11.5 Å². The summed E-state index contributed by atoms with van der Waals surface area (Å²) in [6, 6.07) is 4.91. The molecule has 0 radical (unpaired) electrons. The predicted molar refractivity (Wildman–Crippen MR) is 81.1 cm³/mol. The highest BCUT2D eigenvalue weighted by molar-refractivity contribution is 6.32. The Balaban J connectivity index is 3.29. The molecule has 0 spiro atoms. The maximum Gasteiger partial charge on any atom is 0.259 e. The Morgan fingerprint density at radius 2 is 2.24 bits per heavy atom. The standard InChI is InChI=1S/C15H15ClN2O3/c1-3-5-21-14-12(16)7-10(8-13(14)20-4-2)6-11(9-17)15(18)19/h3,6-8H,1,4-5H2,2H3,(H2,18,19)/b11-6+. The molecule has 21 heavy (non-hydrogen) atoms. The third-order valence-corrected chi connectivity index (χ3v) is 2.65. The van der Waals surface area contributed by atoms with E-state index in [4.69, 9.17) is 32.1 Å². The van der Waals surface area contributed by atoms with Gasteiger partial charge in [-0.3, -0.25) is 4.79 Å². The molecule has 5 nitrogen and oxygen atoms in total. The lowest BCUT2D eigenvalue weighted by atomic mass is 10.1. The number of ether oxygens (including phenoxy) is 2. The van der Waals surface area contributed by atoms with Gasteiger partial charge < -0.3 is 15.2 Å². The molecule has 0 aromatic heterocycles. The van der Waals surface area contributed by atoms with Gasteiger partial charge in [0.1, 0.15) is 18.2 Å². The summed E-state index contributed by atoms with van der Waals surface area (Å²) >= 11 is 6.14. The number of benzene rings is 1. The predicted octanol–water partition coefficient (Wildman–Crippen LogP) is 2.70. The van der Waals surface area contributed by atoms with Crippen molar-refractivity contribution in [2.45, 2.75) is 6.92 Å². The number of amides is 1. The summed E-state index contributed by atoms with van der Waals surface area (Å²) in [6.45, 7) is 6.07. The number of rotatable bonds is 7. The summed E-state index contributed by atoms with van der Waals surface area (Å²) in [7, 11) is 0. The zero-order valence-electron chi connectivity index (χ0n) is 11.6. The number of nitrogens with zero attached hydrogens (tertiary/aromatic N) is 1. The van der Waals surface area contributed by atoms with E-state index in [1.807, 2.05) is 6.92 Å². The molecule has 0 saturated heterocycles. The summed E-state index contributed by atoms with van der Waals surface area (Å²) < 4.78 is 10.9. The first-order valence-electron chi connectivity index (χ1n) is 6.15. The highest BCUT2D eigenvalue weighted by Crippen LogP contribution is 2.37. The first kappa shape index (κ1) is 16.6. The highest BCUT2D eigenvalue weighted by Gasteiger charge is 2.13. The Labute approximate surface area is 128 Å². The summed E-state index contributed by atoms with van der Waals surface area (Å²) in [6.07, 6.45) is 2.93. The van der Waals surface area contributed by atoms with Gasteiger partial charge in [-0.1, -0.05) is 24.3 Å². The number of carbonyl (C=O) groups is 1. The average molecular weight is 307 g/mol. The molecule has 6 heteroatoms.